The van der Waals surface area contributed by atoms with Crippen LogP contribution in [-0.4, -0.2) is 14.9 Å². The number of aliphatic hydroxyl groups is 1. The Hall–Kier alpha value is -1.91. The molecule has 0 bridgehead atoms. The summed E-state index contributed by atoms with van der Waals surface area (Å²) in [5.74, 6) is 0. The Bertz CT molecular complexity index is 739. The van der Waals surface area contributed by atoms with Crippen LogP contribution >= 0.6 is 11.3 Å². The second-order valence-corrected chi connectivity index (χ2v) is 6.58. The summed E-state index contributed by atoms with van der Waals surface area (Å²) in [4.78, 5) is 2.48. The standard InChI is InChI=1S/C17H16N2OS/c20-17(16-9-12-5-4-8-15(12)21-16)13-10-18-19(11-13)14-6-2-1-3-7-14/h1-3,6-7,9-11,17,20H,4-5,8H2. The molecule has 0 saturated heterocycles. The van der Waals surface area contributed by atoms with Gasteiger partial charge in [0.2, 0.25) is 0 Å². The Labute approximate surface area is 127 Å². The molecule has 1 aliphatic rings. The molecule has 3 nitrogen and oxygen atoms in total. The van der Waals surface area contributed by atoms with Crippen LogP contribution in [0, 0.1) is 0 Å². The van der Waals surface area contributed by atoms with Gasteiger partial charge in [0.1, 0.15) is 6.10 Å². The number of thiophene rings is 1. The predicted octanol–water partition coefficient (Wildman–Crippen LogP) is 3.50. The normalized spacial score (nSPS) is 15.1. The van der Waals surface area contributed by atoms with Crippen molar-refractivity contribution in [3.8, 4) is 5.69 Å². The van der Waals surface area contributed by atoms with Crippen molar-refractivity contribution < 1.29 is 5.11 Å². The average molecular weight is 296 g/mol. The van der Waals surface area contributed by atoms with E-state index in [0.717, 1.165) is 29.0 Å². The molecule has 1 aromatic carbocycles. The van der Waals surface area contributed by atoms with Gasteiger partial charge in [0.15, 0.2) is 0 Å². The van der Waals surface area contributed by atoms with E-state index in [4.69, 9.17) is 0 Å². The Balaban J connectivity index is 1.62. The minimum Gasteiger partial charge on any atom is -0.383 e. The smallest absolute Gasteiger partial charge is 0.116 e. The van der Waals surface area contributed by atoms with E-state index in [0.29, 0.717) is 0 Å². The third kappa shape index (κ3) is 2.30. The molecule has 4 rings (SSSR count). The number of benzene rings is 1. The SMILES string of the molecule is OC(c1cnn(-c2ccccc2)c1)c1cc2c(s1)CCC2. The molecule has 0 fully saturated rings. The first-order chi connectivity index (χ1) is 10.3. The van der Waals surface area contributed by atoms with Crippen molar-refractivity contribution in [2.75, 3.05) is 0 Å². The summed E-state index contributed by atoms with van der Waals surface area (Å²) >= 11 is 1.74. The lowest BCUT2D eigenvalue weighted by molar-refractivity contribution is 0.224. The van der Waals surface area contributed by atoms with Gasteiger partial charge in [-0.25, -0.2) is 4.68 Å². The number of aromatic nitrogens is 2. The highest BCUT2D eigenvalue weighted by atomic mass is 32.1. The second kappa shape index (κ2) is 5.13. The molecule has 0 spiro atoms. The van der Waals surface area contributed by atoms with E-state index in [1.807, 2.05) is 36.5 Å². The number of nitrogens with zero attached hydrogens (tertiary/aromatic N) is 2. The maximum Gasteiger partial charge on any atom is 0.116 e. The molecule has 1 unspecified atom stereocenters. The Morgan fingerprint density at radius 1 is 1.19 bits per heavy atom. The van der Waals surface area contributed by atoms with Crippen LogP contribution in [0.4, 0.5) is 0 Å². The van der Waals surface area contributed by atoms with Gasteiger partial charge in [0, 0.05) is 21.5 Å². The highest BCUT2D eigenvalue weighted by molar-refractivity contribution is 7.12. The van der Waals surface area contributed by atoms with Crippen molar-refractivity contribution in [1.29, 1.82) is 0 Å². The largest absolute Gasteiger partial charge is 0.383 e. The summed E-state index contributed by atoms with van der Waals surface area (Å²) in [5.41, 5.74) is 3.27. The summed E-state index contributed by atoms with van der Waals surface area (Å²) in [6, 6.07) is 12.1. The summed E-state index contributed by atoms with van der Waals surface area (Å²) in [6.45, 7) is 0. The zero-order chi connectivity index (χ0) is 14.2. The van der Waals surface area contributed by atoms with Gasteiger partial charge in [-0.1, -0.05) is 18.2 Å². The second-order valence-electron chi connectivity index (χ2n) is 5.41. The number of para-hydroxylation sites is 1. The van der Waals surface area contributed by atoms with Gasteiger partial charge in [-0.15, -0.1) is 11.3 Å². The number of hydrogen-bond acceptors (Lipinski definition) is 3. The number of aliphatic hydroxyl groups excluding tert-OH is 1. The van der Waals surface area contributed by atoms with Crippen LogP contribution < -0.4 is 0 Å². The number of rotatable bonds is 3. The van der Waals surface area contributed by atoms with Crippen molar-refractivity contribution in [2.45, 2.75) is 25.4 Å². The molecule has 21 heavy (non-hydrogen) atoms. The number of fused-ring (bicyclic) bond motifs is 1. The number of aryl methyl sites for hydroxylation is 2. The van der Waals surface area contributed by atoms with Gasteiger partial charge in [0.25, 0.3) is 0 Å². The van der Waals surface area contributed by atoms with Crippen LogP contribution in [0.15, 0.2) is 48.8 Å². The van der Waals surface area contributed by atoms with Crippen LogP contribution in [0.1, 0.15) is 33.4 Å². The van der Waals surface area contributed by atoms with Gasteiger partial charge in [0.05, 0.1) is 11.9 Å². The maximum absolute atomic E-state index is 10.6. The van der Waals surface area contributed by atoms with E-state index in [1.54, 1.807) is 22.2 Å². The van der Waals surface area contributed by atoms with Crippen LogP contribution in [0.5, 0.6) is 0 Å². The third-order valence-corrected chi connectivity index (χ3v) is 5.26. The average Bonchev–Trinajstić information content (AvgIpc) is 3.22. The summed E-state index contributed by atoms with van der Waals surface area (Å²) in [6.07, 6.45) is 6.66. The summed E-state index contributed by atoms with van der Waals surface area (Å²) in [7, 11) is 0. The molecule has 3 aromatic rings. The molecule has 0 aliphatic heterocycles. The van der Waals surface area contributed by atoms with Gasteiger partial charge in [-0.2, -0.15) is 5.10 Å². The lowest BCUT2D eigenvalue weighted by Crippen LogP contribution is -1.96. The van der Waals surface area contributed by atoms with Gasteiger partial charge in [-0.3, -0.25) is 0 Å². The molecule has 2 aromatic heterocycles. The lowest BCUT2D eigenvalue weighted by atomic mass is 10.1. The third-order valence-electron chi connectivity index (χ3n) is 3.97. The van der Waals surface area contributed by atoms with Crippen LogP contribution in [0.3, 0.4) is 0 Å². The van der Waals surface area contributed by atoms with Crippen molar-refractivity contribution in [2.24, 2.45) is 0 Å². The van der Waals surface area contributed by atoms with Gasteiger partial charge >= 0.3 is 0 Å². The maximum atomic E-state index is 10.6. The van der Waals surface area contributed by atoms with E-state index in [1.165, 1.54) is 16.9 Å². The first-order valence-electron chi connectivity index (χ1n) is 7.21. The van der Waals surface area contributed by atoms with E-state index in [-0.39, 0.29) is 0 Å². The van der Waals surface area contributed by atoms with Crippen LogP contribution in [0.2, 0.25) is 0 Å². The van der Waals surface area contributed by atoms with Crippen LogP contribution in [-0.2, 0) is 12.8 Å². The molecule has 1 N–H and O–H groups in total. The molecule has 4 heteroatoms. The molecular weight excluding hydrogens is 280 g/mol. The van der Waals surface area contributed by atoms with Gasteiger partial charge < -0.3 is 5.11 Å². The van der Waals surface area contributed by atoms with Crippen molar-refractivity contribution in [3.63, 3.8) is 0 Å². The van der Waals surface area contributed by atoms with Crippen LogP contribution in [0.25, 0.3) is 5.69 Å². The minimum absolute atomic E-state index is 0.571. The van der Waals surface area contributed by atoms with E-state index >= 15 is 0 Å². The zero-order valence-electron chi connectivity index (χ0n) is 11.6. The van der Waals surface area contributed by atoms with Gasteiger partial charge in [-0.05, 0) is 43.0 Å². The molecule has 0 amide bonds. The lowest BCUT2D eigenvalue weighted by Gasteiger charge is -2.05. The fourth-order valence-electron chi connectivity index (χ4n) is 2.85. The van der Waals surface area contributed by atoms with E-state index < -0.39 is 6.10 Å². The molecular formula is C17H16N2OS. The summed E-state index contributed by atoms with van der Waals surface area (Å²) in [5, 5.41) is 14.9. The quantitative estimate of drug-likeness (QED) is 0.803. The molecule has 1 aliphatic carbocycles. The molecule has 0 radical (unpaired) electrons. The molecule has 0 saturated carbocycles. The Morgan fingerprint density at radius 2 is 2.05 bits per heavy atom. The molecule has 2 heterocycles. The number of hydrogen-bond donors (Lipinski definition) is 1. The van der Waals surface area contributed by atoms with E-state index in [2.05, 4.69) is 11.2 Å². The molecule has 106 valence electrons. The molecule has 1 atom stereocenters. The van der Waals surface area contributed by atoms with Crippen molar-refractivity contribution in [1.82, 2.24) is 9.78 Å². The minimum atomic E-state index is -0.571. The Kier molecular flexibility index (Phi) is 3.13. The Morgan fingerprint density at radius 3 is 2.86 bits per heavy atom. The highest BCUT2D eigenvalue weighted by Gasteiger charge is 2.20. The van der Waals surface area contributed by atoms with Crippen molar-refractivity contribution >= 4 is 11.3 Å². The fraction of sp³-hybridized carbons (Fsp3) is 0.235. The van der Waals surface area contributed by atoms with E-state index in [9.17, 15) is 5.11 Å². The zero-order valence-corrected chi connectivity index (χ0v) is 12.4. The highest BCUT2D eigenvalue weighted by Crippen LogP contribution is 2.35. The predicted molar refractivity (Wildman–Crippen MR) is 84.0 cm³/mol. The summed E-state index contributed by atoms with van der Waals surface area (Å²) < 4.78 is 1.81. The topological polar surface area (TPSA) is 38.1 Å². The monoisotopic (exact) mass is 296 g/mol. The first-order valence-corrected chi connectivity index (χ1v) is 8.02. The fourth-order valence-corrected chi connectivity index (χ4v) is 4.12. The van der Waals surface area contributed by atoms with Crippen molar-refractivity contribution in [3.05, 3.63) is 69.7 Å². The first kappa shape index (κ1) is 12.8.